The Morgan fingerprint density at radius 3 is 1.91 bits per heavy atom. The molecule has 1 fully saturated rings. The molecule has 1 amide bonds. The summed E-state index contributed by atoms with van der Waals surface area (Å²) in [6, 6.07) is 14.6. The van der Waals surface area contributed by atoms with Crippen LogP contribution in [0, 0.1) is 0 Å². The van der Waals surface area contributed by atoms with E-state index in [9.17, 15) is 21.6 Å². The van der Waals surface area contributed by atoms with Gasteiger partial charge in [-0.15, -0.1) is 0 Å². The van der Waals surface area contributed by atoms with Crippen LogP contribution in [0.2, 0.25) is 0 Å². The van der Waals surface area contributed by atoms with Gasteiger partial charge in [0.15, 0.2) is 0 Å². The lowest BCUT2D eigenvalue weighted by Crippen LogP contribution is -2.23. The third-order valence-electron chi connectivity index (χ3n) is 4.86. The molecular weight excluding hydrogens is 452 g/mol. The van der Waals surface area contributed by atoms with E-state index in [4.69, 9.17) is 0 Å². The highest BCUT2D eigenvalue weighted by Crippen LogP contribution is 2.24. The fraction of sp³-hybridized carbons (Fsp3) is 0.143. The first kappa shape index (κ1) is 21.8. The molecule has 2 N–H and O–H groups in total. The molecule has 1 aliphatic rings. The number of hydrogen-bond acceptors (Lipinski definition) is 6. The van der Waals surface area contributed by atoms with E-state index in [1.165, 1.54) is 48.8 Å². The van der Waals surface area contributed by atoms with Gasteiger partial charge in [-0.1, -0.05) is 0 Å². The number of hydrogen-bond donors (Lipinski definition) is 2. The third-order valence-corrected chi connectivity index (χ3v) is 7.66. The van der Waals surface area contributed by atoms with E-state index in [2.05, 4.69) is 14.4 Å². The van der Waals surface area contributed by atoms with Crippen LogP contribution in [0.3, 0.4) is 0 Å². The Kier molecular flexibility index (Phi) is 5.85. The predicted octanol–water partition coefficient (Wildman–Crippen LogP) is 2.81. The quantitative estimate of drug-likeness (QED) is 0.545. The zero-order valence-corrected chi connectivity index (χ0v) is 18.4. The third kappa shape index (κ3) is 4.73. The number of nitrogens with zero attached hydrogens (tertiary/aromatic N) is 2. The van der Waals surface area contributed by atoms with Crippen molar-refractivity contribution in [1.82, 2.24) is 4.98 Å². The second-order valence-electron chi connectivity index (χ2n) is 7.12. The molecule has 1 aromatic heterocycles. The van der Waals surface area contributed by atoms with Crippen LogP contribution < -0.4 is 14.3 Å². The maximum atomic E-state index is 12.7. The molecule has 4 rings (SSSR count). The van der Waals surface area contributed by atoms with Crippen LogP contribution in [-0.2, 0) is 24.8 Å². The highest BCUT2D eigenvalue weighted by atomic mass is 32.2. The van der Waals surface area contributed by atoms with Crippen molar-refractivity contribution in [2.75, 3.05) is 20.9 Å². The Balaban J connectivity index is 1.47. The number of rotatable bonds is 7. The van der Waals surface area contributed by atoms with Crippen molar-refractivity contribution in [3.63, 3.8) is 0 Å². The Morgan fingerprint density at radius 2 is 1.38 bits per heavy atom. The van der Waals surface area contributed by atoms with Crippen molar-refractivity contribution in [2.45, 2.75) is 22.6 Å². The second-order valence-corrected chi connectivity index (χ2v) is 10.5. The lowest BCUT2D eigenvalue weighted by molar-refractivity contribution is -0.117. The fourth-order valence-corrected chi connectivity index (χ4v) is 5.38. The van der Waals surface area contributed by atoms with Gasteiger partial charge in [0, 0.05) is 30.5 Å². The minimum atomic E-state index is -3.89. The number of amides is 1. The fourth-order valence-electron chi connectivity index (χ4n) is 3.28. The average molecular weight is 473 g/mol. The van der Waals surface area contributed by atoms with Gasteiger partial charge < -0.3 is 4.90 Å². The molecule has 0 bridgehead atoms. The normalized spacial score (nSPS) is 14.4. The Hall–Kier alpha value is -3.44. The molecule has 0 unspecified atom stereocenters. The first-order valence-corrected chi connectivity index (χ1v) is 12.7. The minimum Gasteiger partial charge on any atom is -0.312 e. The summed E-state index contributed by atoms with van der Waals surface area (Å²) in [5, 5.41) is 0. The maximum Gasteiger partial charge on any atom is 0.261 e. The van der Waals surface area contributed by atoms with Crippen LogP contribution in [-0.4, -0.2) is 34.3 Å². The average Bonchev–Trinajstić information content (AvgIpc) is 3.20. The summed E-state index contributed by atoms with van der Waals surface area (Å²) < 4.78 is 55.2. The lowest BCUT2D eigenvalue weighted by atomic mass is 10.3. The summed E-state index contributed by atoms with van der Waals surface area (Å²) >= 11 is 0. The molecular formula is C21H20N4O5S2. The molecule has 0 spiro atoms. The van der Waals surface area contributed by atoms with Crippen LogP contribution in [0.25, 0.3) is 0 Å². The van der Waals surface area contributed by atoms with Crippen molar-refractivity contribution < 1.29 is 21.6 Å². The van der Waals surface area contributed by atoms with E-state index in [1.807, 2.05) is 0 Å². The van der Waals surface area contributed by atoms with Gasteiger partial charge in [0.2, 0.25) is 5.91 Å². The van der Waals surface area contributed by atoms with Crippen LogP contribution in [0.5, 0.6) is 0 Å². The molecule has 32 heavy (non-hydrogen) atoms. The summed E-state index contributed by atoms with van der Waals surface area (Å²) in [6.45, 7) is 0.619. The number of benzene rings is 2. The summed E-state index contributed by atoms with van der Waals surface area (Å²) in [4.78, 5) is 17.3. The van der Waals surface area contributed by atoms with Crippen LogP contribution in [0.4, 0.5) is 17.1 Å². The van der Waals surface area contributed by atoms with Crippen molar-refractivity contribution in [2.24, 2.45) is 0 Å². The first-order chi connectivity index (χ1) is 15.2. The summed E-state index contributed by atoms with van der Waals surface area (Å²) in [7, 11) is -7.73. The Morgan fingerprint density at radius 1 is 0.781 bits per heavy atom. The molecule has 1 aliphatic heterocycles. The zero-order valence-electron chi connectivity index (χ0n) is 16.8. The Bertz CT molecular complexity index is 1330. The SMILES string of the molecule is O=C1CCCN1c1ccc(S(=O)(=O)Nc2ccc(S(=O)(=O)Nc3cccnc3)cc2)cc1. The van der Waals surface area contributed by atoms with Gasteiger partial charge in [-0.3, -0.25) is 19.2 Å². The number of carbonyl (C=O) groups excluding carboxylic acids is 1. The zero-order chi connectivity index (χ0) is 22.8. The van der Waals surface area contributed by atoms with E-state index in [1.54, 1.807) is 29.2 Å². The summed E-state index contributed by atoms with van der Waals surface area (Å²) in [6.07, 6.45) is 4.18. The van der Waals surface area contributed by atoms with E-state index in [-0.39, 0.29) is 21.4 Å². The summed E-state index contributed by atoms with van der Waals surface area (Å²) in [5.41, 5.74) is 1.18. The number of anilines is 3. The van der Waals surface area contributed by atoms with Gasteiger partial charge >= 0.3 is 0 Å². The maximum absolute atomic E-state index is 12.7. The van der Waals surface area contributed by atoms with Gasteiger partial charge in [0.05, 0.1) is 21.7 Å². The second kappa shape index (κ2) is 8.60. The number of nitrogens with one attached hydrogen (secondary N) is 2. The molecule has 2 aromatic carbocycles. The van der Waals surface area contributed by atoms with E-state index in [0.29, 0.717) is 24.3 Å². The molecule has 11 heteroatoms. The molecule has 2 heterocycles. The highest BCUT2D eigenvalue weighted by molar-refractivity contribution is 7.93. The van der Waals surface area contributed by atoms with Gasteiger partial charge in [-0.2, -0.15) is 0 Å². The van der Waals surface area contributed by atoms with Crippen molar-refractivity contribution in [3.8, 4) is 0 Å². The van der Waals surface area contributed by atoms with Gasteiger partial charge in [0.25, 0.3) is 20.0 Å². The van der Waals surface area contributed by atoms with Gasteiger partial charge in [-0.05, 0) is 67.1 Å². The van der Waals surface area contributed by atoms with Crippen molar-refractivity contribution in [1.29, 1.82) is 0 Å². The van der Waals surface area contributed by atoms with Crippen LogP contribution in [0.1, 0.15) is 12.8 Å². The minimum absolute atomic E-state index is 0.0202. The molecule has 0 aliphatic carbocycles. The molecule has 0 radical (unpaired) electrons. The van der Waals surface area contributed by atoms with Gasteiger partial charge in [-0.25, -0.2) is 16.8 Å². The molecule has 166 valence electrons. The molecule has 3 aromatic rings. The lowest BCUT2D eigenvalue weighted by Gasteiger charge is -2.16. The molecule has 9 nitrogen and oxygen atoms in total. The van der Waals surface area contributed by atoms with E-state index >= 15 is 0 Å². The standard InChI is InChI=1S/C21H20N4O5S2/c26-21-4-2-14-25(21)18-7-11-20(12-8-18)31(27,28)23-16-5-9-19(10-6-16)32(29,30)24-17-3-1-13-22-15-17/h1,3,5-13,15,23-24H,2,4,14H2. The van der Waals surface area contributed by atoms with Crippen molar-refractivity contribution >= 4 is 43.0 Å². The first-order valence-electron chi connectivity index (χ1n) is 9.71. The largest absolute Gasteiger partial charge is 0.312 e. The number of sulfonamides is 2. The molecule has 0 saturated carbocycles. The monoisotopic (exact) mass is 472 g/mol. The molecule has 1 saturated heterocycles. The van der Waals surface area contributed by atoms with E-state index < -0.39 is 20.0 Å². The topological polar surface area (TPSA) is 126 Å². The smallest absolute Gasteiger partial charge is 0.261 e. The molecule has 0 atom stereocenters. The van der Waals surface area contributed by atoms with Crippen LogP contribution in [0.15, 0.2) is 82.8 Å². The number of pyridine rings is 1. The summed E-state index contributed by atoms with van der Waals surface area (Å²) in [5.74, 6) is 0.0202. The number of aromatic nitrogens is 1. The predicted molar refractivity (Wildman–Crippen MR) is 120 cm³/mol. The highest BCUT2D eigenvalue weighted by Gasteiger charge is 2.22. The van der Waals surface area contributed by atoms with E-state index in [0.717, 1.165) is 6.42 Å². The Labute approximate surface area is 186 Å². The van der Waals surface area contributed by atoms with Crippen LogP contribution >= 0.6 is 0 Å². The van der Waals surface area contributed by atoms with Gasteiger partial charge in [0.1, 0.15) is 0 Å². The number of carbonyl (C=O) groups is 1. The van der Waals surface area contributed by atoms with Crippen molar-refractivity contribution in [3.05, 3.63) is 73.1 Å².